The maximum atomic E-state index is 11.6. The summed E-state index contributed by atoms with van der Waals surface area (Å²) in [4.78, 5) is 22.9. The number of methoxy groups -OCH3 is 2. The van der Waals surface area contributed by atoms with Gasteiger partial charge >= 0.3 is 11.9 Å². The Morgan fingerprint density at radius 2 is 2.05 bits per heavy atom. The second kappa shape index (κ2) is 7.67. The minimum Gasteiger partial charge on any atom is -0.466 e. The van der Waals surface area contributed by atoms with Crippen molar-refractivity contribution < 1.29 is 19.1 Å². The van der Waals surface area contributed by atoms with E-state index in [0.29, 0.717) is 10.0 Å². The number of nitrogens with one attached hydrogen (secondary N) is 1. The molecule has 1 aromatic carbocycles. The van der Waals surface area contributed by atoms with E-state index in [1.54, 1.807) is 0 Å². The quantitative estimate of drug-likeness (QED) is 0.645. The van der Waals surface area contributed by atoms with Crippen molar-refractivity contribution in [2.24, 2.45) is 0 Å². The second-order valence-electron chi connectivity index (χ2n) is 3.62. The first-order chi connectivity index (χ1) is 9.92. The number of nitrogens with zero attached hydrogens (tertiary/aromatic N) is 1. The van der Waals surface area contributed by atoms with Gasteiger partial charge in [0.1, 0.15) is 11.8 Å². The minimum atomic E-state index is -0.780. The largest absolute Gasteiger partial charge is 0.466 e. The molecule has 0 fully saturated rings. The maximum absolute atomic E-state index is 11.6. The number of carbonyl (C=O) groups excluding carboxylic acids is 2. The van der Waals surface area contributed by atoms with Crippen molar-refractivity contribution in [3.8, 4) is 6.07 Å². The SMILES string of the molecule is COC(=O)/C=C(/Nc1cc(C#N)c(Br)cc1Cl)C(=O)OC. The molecule has 0 aliphatic carbocycles. The van der Waals surface area contributed by atoms with Gasteiger partial charge in [-0.05, 0) is 28.1 Å². The zero-order valence-corrected chi connectivity index (χ0v) is 13.4. The topological polar surface area (TPSA) is 88.4 Å². The number of halogens is 2. The summed E-state index contributed by atoms with van der Waals surface area (Å²) in [5.41, 5.74) is 0.415. The van der Waals surface area contributed by atoms with Crippen LogP contribution in [-0.2, 0) is 19.1 Å². The Balaban J connectivity index is 3.22. The molecule has 0 unspecified atom stereocenters. The van der Waals surface area contributed by atoms with Gasteiger partial charge in [0, 0.05) is 4.47 Å². The summed E-state index contributed by atoms with van der Waals surface area (Å²) in [6.07, 6.45) is 0.927. The molecule has 0 spiro atoms. The Morgan fingerprint density at radius 3 is 2.57 bits per heavy atom. The van der Waals surface area contributed by atoms with E-state index < -0.39 is 11.9 Å². The van der Waals surface area contributed by atoms with E-state index in [9.17, 15) is 9.59 Å². The summed E-state index contributed by atoms with van der Waals surface area (Å²) in [6.45, 7) is 0. The molecule has 110 valence electrons. The molecular weight excluding hydrogens is 364 g/mol. The fourth-order valence-electron chi connectivity index (χ4n) is 1.31. The van der Waals surface area contributed by atoms with Crippen molar-refractivity contribution in [3.05, 3.63) is 39.0 Å². The average Bonchev–Trinajstić information content (AvgIpc) is 2.47. The molecule has 0 bridgehead atoms. The first kappa shape index (κ1) is 17.0. The van der Waals surface area contributed by atoms with E-state index in [-0.39, 0.29) is 16.4 Å². The van der Waals surface area contributed by atoms with Gasteiger partial charge in [-0.25, -0.2) is 9.59 Å². The lowest BCUT2D eigenvalue weighted by molar-refractivity contribution is -0.138. The molecule has 0 saturated heterocycles. The third-order valence-electron chi connectivity index (χ3n) is 2.32. The highest BCUT2D eigenvalue weighted by atomic mass is 79.9. The van der Waals surface area contributed by atoms with Crippen LogP contribution in [0.25, 0.3) is 0 Å². The zero-order valence-electron chi connectivity index (χ0n) is 11.1. The van der Waals surface area contributed by atoms with E-state index in [1.807, 2.05) is 6.07 Å². The highest BCUT2D eigenvalue weighted by molar-refractivity contribution is 9.10. The maximum Gasteiger partial charge on any atom is 0.354 e. The van der Waals surface area contributed by atoms with Gasteiger partial charge < -0.3 is 14.8 Å². The summed E-state index contributed by atoms with van der Waals surface area (Å²) in [5.74, 6) is -1.52. The fourth-order valence-corrected chi connectivity index (χ4v) is 2.08. The van der Waals surface area contributed by atoms with Gasteiger partial charge in [0.2, 0.25) is 0 Å². The molecule has 6 nitrogen and oxygen atoms in total. The van der Waals surface area contributed by atoms with Crippen LogP contribution in [0.1, 0.15) is 5.56 Å². The molecule has 0 aliphatic heterocycles. The van der Waals surface area contributed by atoms with Crippen molar-refractivity contribution in [1.29, 1.82) is 5.26 Å². The van der Waals surface area contributed by atoms with Crippen LogP contribution in [0.5, 0.6) is 0 Å². The van der Waals surface area contributed by atoms with Gasteiger partial charge in [-0.3, -0.25) is 0 Å². The number of nitriles is 1. The number of hydrogen-bond acceptors (Lipinski definition) is 6. The van der Waals surface area contributed by atoms with E-state index in [1.165, 1.54) is 26.4 Å². The normalized spacial score (nSPS) is 10.5. The molecule has 0 atom stereocenters. The highest BCUT2D eigenvalue weighted by Gasteiger charge is 2.15. The number of carbonyl (C=O) groups is 2. The summed E-state index contributed by atoms with van der Waals surface area (Å²) in [7, 11) is 2.34. The zero-order chi connectivity index (χ0) is 16.0. The average molecular weight is 374 g/mol. The van der Waals surface area contributed by atoms with E-state index in [4.69, 9.17) is 16.9 Å². The summed E-state index contributed by atoms with van der Waals surface area (Å²) in [5, 5.41) is 11.9. The molecule has 0 saturated carbocycles. The van der Waals surface area contributed by atoms with Crippen LogP contribution in [0.15, 0.2) is 28.4 Å². The van der Waals surface area contributed by atoms with Crippen LogP contribution >= 0.6 is 27.5 Å². The van der Waals surface area contributed by atoms with Gasteiger partial charge in [-0.15, -0.1) is 0 Å². The summed E-state index contributed by atoms with van der Waals surface area (Å²) >= 11 is 9.21. The molecule has 1 aromatic rings. The molecule has 0 aliphatic rings. The molecule has 0 amide bonds. The van der Waals surface area contributed by atoms with Gasteiger partial charge in [0.05, 0.1) is 36.6 Å². The lowest BCUT2D eigenvalue weighted by Crippen LogP contribution is -2.15. The first-order valence-corrected chi connectivity index (χ1v) is 6.64. The molecule has 8 heteroatoms. The van der Waals surface area contributed by atoms with E-state index in [2.05, 4.69) is 30.7 Å². The Hall–Kier alpha value is -2.04. The number of anilines is 1. The van der Waals surface area contributed by atoms with E-state index in [0.717, 1.165) is 6.08 Å². The molecule has 0 aromatic heterocycles. The number of benzene rings is 1. The predicted molar refractivity (Wildman–Crippen MR) is 79.6 cm³/mol. The molecule has 1 rings (SSSR count). The Morgan fingerprint density at radius 1 is 1.38 bits per heavy atom. The molecule has 0 radical (unpaired) electrons. The Kier molecular flexibility index (Phi) is 6.21. The van der Waals surface area contributed by atoms with Gasteiger partial charge in [0.15, 0.2) is 0 Å². The fraction of sp³-hybridized carbons (Fsp3) is 0.154. The van der Waals surface area contributed by atoms with Crippen molar-refractivity contribution >= 4 is 45.2 Å². The van der Waals surface area contributed by atoms with Crippen molar-refractivity contribution in [3.63, 3.8) is 0 Å². The van der Waals surface area contributed by atoms with Crippen molar-refractivity contribution in [1.82, 2.24) is 0 Å². The van der Waals surface area contributed by atoms with Gasteiger partial charge in [-0.2, -0.15) is 5.26 Å². The van der Waals surface area contributed by atoms with E-state index >= 15 is 0 Å². The molecule has 21 heavy (non-hydrogen) atoms. The van der Waals surface area contributed by atoms with Crippen LogP contribution in [0, 0.1) is 11.3 Å². The van der Waals surface area contributed by atoms with Crippen LogP contribution < -0.4 is 5.32 Å². The van der Waals surface area contributed by atoms with Gasteiger partial charge in [0.25, 0.3) is 0 Å². The van der Waals surface area contributed by atoms with Crippen molar-refractivity contribution in [2.45, 2.75) is 0 Å². The summed E-state index contributed by atoms with van der Waals surface area (Å²) < 4.78 is 9.52. The number of esters is 2. The number of ether oxygens (including phenoxy) is 2. The van der Waals surface area contributed by atoms with Crippen LogP contribution in [0.4, 0.5) is 5.69 Å². The standard InChI is InChI=1S/C13H10BrClN2O4/c1-20-12(18)5-11(13(19)21-2)17-10-3-7(6-16)8(14)4-9(10)15/h3-5,17H,1-2H3/b11-5+. The van der Waals surface area contributed by atoms with Crippen LogP contribution in [-0.4, -0.2) is 26.2 Å². The van der Waals surface area contributed by atoms with Gasteiger partial charge in [-0.1, -0.05) is 11.6 Å². The Labute approximate surface area is 134 Å². The number of rotatable bonds is 4. The van der Waals surface area contributed by atoms with Crippen molar-refractivity contribution in [2.75, 3.05) is 19.5 Å². The monoisotopic (exact) mass is 372 g/mol. The molecule has 0 heterocycles. The van der Waals surface area contributed by atoms with Crippen LogP contribution in [0.2, 0.25) is 5.02 Å². The molecular formula is C13H10BrClN2O4. The minimum absolute atomic E-state index is 0.169. The second-order valence-corrected chi connectivity index (χ2v) is 4.88. The predicted octanol–water partition coefficient (Wildman–Crippen LogP) is 2.62. The number of hydrogen-bond donors (Lipinski definition) is 1. The third-order valence-corrected chi connectivity index (χ3v) is 3.28. The molecule has 1 N–H and O–H groups in total. The summed E-state index contributed by atoms with van der Waals surface area (Å²) in [6, 6.07) is 4.89. The highest BCUT2D eigenvalue weighted by Crippen LogP contribution is 2.30. The lowest BCUT2D eigenvalue weighted by Gasteiger charge is -2.11. The smallest absolute Gasteiger partial charge is 0.354 e. The van der Waals surface area contributed by atoms with Crippen LogP contribution in [0.3, 0.4) is 0 Å². The lowest BCUT2D eigenvalue weighted by atomic mass is 10.2. The Bertz CT molecular complexity index is 652. The third kappa shape index (κ3) is 4.48. The first-order valence-electron chi connectivity index (χ1n) is 5.47.